The van der Waals surface area contributed by atoms with Crippen molar-refractivity contribution < 1.29 is 10.0 Å². The Kier molecular flexibility index (Phi) is 53.3. The Balaban J connectivity index is -0.0000000511. The van der Waals surface area contributed by atoms with Crippen LogP contribution in [0.15, 0.2) is 36.4 Å². The molecule has 1 amide bonds. The second-order valence-corrected chi connectivity index (χ2v) is 5.55. The Labute approximate surface area is 167 Å². The molecule has 3 nitrogen and oxygen atoms in total. The standard InChI is InChI=1S/C6H6.C6H14.C5H11NO2.2C2H6.CH4.B/c1-2-4-6-5-3-1;1-3-5-6-4-2;1-5(2,3)4(7)6-8;2*1-2;;/h1-6H;3-6H2,1-2H3;8H,1-3H3,(H,6,7);2*1-2H3;1H4;. The summed E-state index contributed by atoms with van der Waals surface area (Å²) in [5.74, 6) is -0.363. The van der Waals surface area contributed by atoms with E-state index in [1.54, 1.807) is 26.3 Å². The molecule has 0 aliphatic heterocycles. The average Bonchev–Trinajstić information content (AvgIpc) is 2.64. The maximum atomic E-state index is 10.5. The van der Waals surface area contributed by atoms with E-state index < -0.39 is 5.41 Å². The zero-order chi connectivity index (χ0) is 19.9. The van der Waals surface area contributed by atoms with Gasteiger partial charge < -0.3 is 0 Å². The lowest BCUT2D eigenvalue weighted by Crippen LogP contribution is -2.32. The molecule has 0 saturated heterocycles. The lowest BCUT2D eigenvalue weighted by atomic mass is 9.96. The fourth-order valence-electron chi connectivity index (χ4n) is 1.05. The highest BCUT2D eigenvalue weighted by atomic mass is 16.5. The van der Waals surface area contributed by atoms with Crippen LogP contribution in [0.25, 0.3) is 0 Å². The molecule has 0 unspecified atom stereocenters. The predicted octanol–water partition coefficient (Wildman–Crippen LogP) is 7.12. The van der Waals surface area contributed by atoms with Gasteiger partial charge in [-0.2, -0.15) is 0 Å². The van der Waals surface area contributed by atoms with Crippen molar-refractivity contribution in [1.82, 2.24) is 5.48 Å². The van der Waals surface area contributed by atoms with Gasteiger partial charge in [0.05, 0.1) is 0 Å². The van der Waals surface area contributed by atoms with Gasteiger partial charge in [0.2, 0.25) is 5.91 Å². The molecule has 4 heteroatoms. The molecule has 1 aromatic carbocycles. The summed E-state index contributed by atoms with van der Waals surface area (Å²) in [4.78, 5) is 10.5. The monoisotopic (exact) mass is 368 g/mol. The number of rotatable bonds is 3. The molecule has 0 bridgehead atoms. The minimum Gasteiger partial charge on any atom is -0.289 e. The summed E-state index contributed by atoms with van der Waals surface area (Å²) >= 11 is 0. The van der Waals surface area contributed by atoms with Gasteiger partial charge in [0.25, 0.3) is 0 Å². The van der Waals surface area contributed by atoms with Crippen molar-refractivity contribution in [3.05, 3.63) is 36.4 Å². The highest BCUT2D eigenvalue weighted by Crippen LogP contribution is 2.11. The van der Waals surface area contributed by atoms with Gasteiger partial charge in [0.15, 0.2) is 0 Å². The summed E-state index contributed by atoms with van der Waals surface area (Å²) in [6.07, 6.45) is 5.54. The molecular weight excluding hydrogens is 321 g/mol. The first-order chi connectivity index (χ1) is 11.4. The first-order valence-electron chi connectivity index (χ1n) is 9.34. The van der Waals surface area contributed by atoms with Crippen molar-refractivity contribution in [3.63, 3.8) is 0 Å². The predicted molar refractivity (Wildman–Crippen MR) is 121 cm³/mol. The lowest BCUT2D eigenvalue weighted by Gasteiger charge is -2.13. The Morgan fingerprint density at radius 1 is 0.808 bits per heavy atom. The largest absolute Gasteiger partial charge is 0.289 e. The number of nitrogens with one attached hydrogen (secondary N) is 1. The van der Waals surface area contributed by atoms with Crippen molar-refractivity contribution in [2.45, 2.75) is 95.4 Å². The van der Waals surface area contributed by atoms with Crippen LogP contribution in [0.4, 0.5) is 0 Å². The van der Waals surface area contributed by atoms with Crippen molar-refractivity contribution in [2.75, 3.05) is 0 Å². The third-order valence-corrected chi connectivity index (χ3v) is 2.41. The number of hydroxylamine groups is 1. The van der Waals surface area contributed by atoms with E-state index >= 15 is 0 Å². The first-order valence-corrected chi connectivity index (χ1v) is 9.34. The number of hydrogen-bond donors (Lipinski definition) is 2. The molecule has 0 fully saturated rings. The molecule has 1 aromatic rings. The number of benzene rings is 1. The van der Waals surface area contributed by atoms with E-state index in [4.69, 9.17) is 5.21 Å². The second kappa shape index (κ2) is 34.9. The topological polar surface area (TPSA) is 49.3 Å². The quantitative estimate of drug-likeness (QED) is 0.258. The van der Waals surface area contributed by atoms with Crippen molar-refractivity contribution in [3.8, 4) is 0 Å². The summed E-state index contributed by atoms with van der Waals surface area (Å²) in [5.41, 5.74) is 1.07. The molecule has 2 N–H and O–H groups in total. The van der Waals surface area contributed by atoms with Crippen LogP contribution in [0.5, 0.6) is 0 Å². The van der Waals surface area contributed by atoms with Gasteiger partial charge >= 0.3 is 0 Å². The van der Waals surface area contributed by atoms with E-state index in [0.29, 0.717) is 0 Å². The van der Waals surface area contributed by atoms with E-state index in [0.717, 1.165) is 0 Å². The third kappa shape index (κ3) is 43.4. The van der Waals surface area contributed by atoms with E-state index in [-0.39, 0.29) is 21.7 Å². The van der Waals surface area contributed by atoms with Crippen LogP contribution in [0.1, 0.15) is 95.4 Å². The van der Waals surface area contributed by atoms with E-state index in [2.05, 4.69) is 13.8 Å². The van der Waals surface area contributed by atoms with Gasteiger partial charge in [-0.25, -0.2) is 5.48 Å². The Hall–Kier alpha value is -1.29. The Bertz CT molecular complexity index is 281. The van der Waals surface area contributed by atoms with E-state index in [1.165, 1.54) is 25.7 Å². The average molecular weight is 368 g/mol. The second-order valence-electron chi connectivity index (χ2n) is 5.55. The third-order valence-electron chi connectivity index (χ3n) is 2.41. The number of amides is 1. The first kappa shape index (κ1) is 39.7. The van der Waals surface area contributed by atoms with E-state index in [1.807, 2.05) is 64.1 Å². The van der Waals surface area contributed by atoms with E-state index in [9.17, 15) is 4.79 Å². The zero-order valence-electron chi connectivity index (χ0n) is 18.2. The maximum absolute atomic E-state index is 10.5. The van der Waals surface area contributed by atoms with Crippen LogP contribution in [-0.4, -0.2) is 19.5 Å². The van der Waals surface area contributed by atoms with Gasteiger partial charge in [-0.3, -0.25) is 10.0 Å². The van der Waals surface area contributed by atoms with Crippen molar-refractivity contribution in [2.24, 2.45) is 5.41 Å². The maximum Gasteiger partial charge on any atom is 0.248 e. The lowest BCUT2D eigenvalue weighted by molar-refractivity contribution is -0.137. The van der Waals surface area contributed by atoms with Crippen LogP contribution in [0, 0.1) is 5.41 Å². The van der Waals surface area contributed by atoms with Gasteiger partial charge in [-0.15, -0.1) is 0 Å². The van der Waals surface area contributed by atoms with Gasteiger partial charge in [0.1, 0.15) is 0 Å². The number of carbonyl (C=O) groups excluding carboxylic acids is 1. The molecular formula is C22H47BNO2. The normalized spacial score (nSPS) is 7.77. The Morgan fingerprint density at radius 2 is 1.04 bits per heavy atom. The molecule has 0 aliphatic rings. The Morgan fingerprint density at radius 3 is 1.12 bits per heavy atom. The highest BCUT2D eigenvalue weighted by Gasteiger charge is 2.19. The van der Waals surface area contributed by atoms with Gasteiger partial charge in [0, 0.05) is 13.8 Å². The van der Waals surface area contributed by atoms with Crippen molar-refractivity contribution in [1.29, 1.82) is 0 Å². The van der Waals surface area contributed by atoms with Crippen LogP contribution < -0.4 is 5.48 Å². The zero-order valence-corrected chi connectivity index (χ0v) is 18.2. The van der Waals surface area contributed by atoms with Crippen LogP contribution in [0.3, 0.4) is 0 Å². The molecule has 0 saturated carbocycles. The summed E-state index contributed by atoms with van der Waals surface area (Å²) in [6, 6.07) is 12.0. The minimum absolute atomic E-state index is 0. The smallest absolute Gasteiger partial charge is 0.248 e. The highest BCUT2D eigenvalue weighted by molar-refractivity contribution is 5.80. The molecule has 1 rings (SSSR count). The molecule has 0 atom stereocenters. The van der Waals surface area contributed by atoms with Crippen molar-refractivity contribution >= 4 is 14.3 Å². The summed E-state index contributed by atoms with van der Waals surface area (Å²) in [6.45, 7) is 17.6. The molecule has 0 aliphatic carbocycles. The molecule has 0 spiro atoms. The molecule has 0 heterocycles. The minimum atomic E-state index is -0.491. The molecule has 155 valence electrons. The van der Waals surface area contributed by atoms with Crippen LogP contribution in [-0.2, 0) is 4.79 Å². The molecule has 26 heavy (non-hydrogen) atoms. The summed E-state index contributed by atoms with van der Waals surface area (Å²) in [7, 11) is 0. The summed E-state index contributed by atoms with van der Waals surface area (Å²) in [5, 5.41) is 8.07. The van der Waals surface area contributed by atoms with Gasteiger partial charge in [-0.1, -0.05) is 132 Å². The fourth-order valence-corrected chi connectivity index (χ4v) is 1.05. The fraction of sp³-hybridized carbons (Fsp3) is 0.682. The number of unbranched alkanes of at least 4 members (excludes halogenated alkanes) is 3. The number of hydrogen-bond acceptors (Lipinski definition) is 2. The van der Waals surface area contributed by atoms with Crippen LogP contribution >= 0.6 is 0 Å². The van der Waals surface area contributed by atoms with Crippen LogP contribution in [0.2, 0.25) is 0 Å². The van der Waals surface area contributed by atoms with Gasteiger partial charge in [-0.05, 0) is 0 Å². The molecule has 0 aromatic heterocycles. The summed E-state index contributed by atoms with van der Waals surface area (Å²) < 4.78 is 0. The molecule has 3 radical (unpaired) electrons. The number of carbonyl (C=O) groups is 1. The SMILES string of the molecule is C.CC.CC.CC(C)(C)C(=O)NO.CCCCCC.[B].c1ccccc1.